The van der Waals surface area contributed by atoms with Gasteiger partial charge in [0.2, 0.25) is 0 Å². The van der Waals surface area contributed by atoms with Gasteiger partial charge in [-0.25, -0.2) is 4.57 Å². The normalized spacial score (nSPS) is 13.7. The van der Waals surface area contributed by atoms with Crippen LogP contribution in [0, 0.1) is 0 Å². The van der Waals surface area contributed by atoms with Gasteiger partial charge in [0.15, 0.2) is 6.10 Å². The molecule has 0 fully saturated rings. The van der Waals surface area contributed by atoms with Crippen LogP contribution in [-0.4, -0.2) is 74.9 Å². The number of phosphoric acid groups is 1. The SMILES string of the molecule is CC/C=C\C/C=C\C/C=C\C/C=C\C/C=C\C/C=C\C/C=C\C/C=C\CCCCCCCCCCC(=O)OC(COC(=O)CCCCCCCCCCCCCCCCCCCCCCCCCCCCC/C=C\C/C=C\CCCCCCC)COP(=O)(O)OCC[N+](C)(C)C. The van der Waals surface area contributed by atoms with Crippen molar-refractivity contribution in [1.82, 2.24) is 0 Å². The molecule has 1 N–H and O–H groups in total. The van der Waals surface area contributed by atoms with Gasteiger partial charge in [0.25, 0.3) is 0 Å². The lowest BCUT2D eigenvalue weighted by Gasteiger charge is -2.24. The average molecular weight is 1360 g/mol. The molecule has 0 amide bonds. The molecule has 2 unspecified atom stereocenters. The summed E-state index contributed by atoms with van der Waals surface area (Å²) in [5.74, 6) is -0.799. The highest BCUT2D eigenvalue weighted by Crippen LogP contribution is 2.43. The molecule has 0 bridgehead atoms. The van der Waals surface area contributed by atoms with Crippen molar-refractivity contribution in [3.8, 4) is 0 Å². The van der Waals surface area contributed by atoms with E-state index in [0.717, 1.165) is 103 Å². The van der Waals surface area contributed by atoms with Gasteiger partial charge in [-0.05, 0) is 109 Å². The molecule has 0 aromatic carbocycles. The molecule has 9 nitrogen and oxygen atoms in total. The Balaban J connectivity index is 3.98. The van der Waals surface area contributed by atoms with E-state index in [4.69, 9.17) is 18.5 Å². The molecular formula is C86H153NO8P+. The number of hydrogen-bond acceptors (Lipinski definition) is 7. The Kier molecular flexibility index (Phi) is 72.8. The van der Waals surface area contributed by atoms with Gasteiger partial charge in [-0.2, -0.15) is 0 Å². The van der Waals surface area contributed by atoms with Gasteiger partial charge in [0.05, 0.1) is 27.7 Å². The van der Waals surface area contributed by atoms with E-state index in [1.54, 1.807) is 0 Å². The first kappa shape index (κ1) is 92.4. The van der Waals surface area contributed by atoms with Gasteiger partial charge in [-0.1, -0.05) is 360 Å². The minimum absolute atomic E-state index is 0.0262. The van der Waals surface area contributed by atoms with Crippen LogP contribution < -0.4 is 0 Å². The molecule has 0 rings (SSSR count). The first-order chi connectivity index (χ1) is 47.0. The molecule has 554 valence electrons. The number of esters is 2. The van der Waals surface area contributed by atoms with E-state index in [1.165, 1.54) is 225 Å². The molecule has 0 aromatic heterocycles. The van der Waals surface area contributed by atoms with E-state index in [1.807, 2.05) is 21.1 Å². The Hall–Kier alpha value is -3.59. The largest absolute Gasteiger partial charge is 0.472 e. The van der Waals surface area contributed by atoms with Crippen LogP contribution in [0.15, 0.2) is 122 Å². The summed E-state index contributed by atoms with van der Waals surface area (Å²) in [6.07, 6.45) is 109. The number of carbonyl (C=O) groups excluding carboxylic acids is 2. The third-order valence-electron chi connectivity index (χ3n) is 17.5. The maximum atomic E-state index is 12.9. The number of unbranched alkanes of at least 4 members (excludes halogenated alkanes) is 40. The number of allylic oxidation sites excluding steroid dienone is 20. The Morgan fingerprint density at radius 2 is 0.594 bits per heavy atom. The fourth-order valence-corrected chi connectivity index (χ4v) is 12.1. The Morgan fingerprint density at radius 1 is 0.333 bits per heavy atom. The van der Waals surface area contributed by atoms with E-state index in [-0.39, 0.29) is 32.0 Å². The summed E-state index contributed by atoms with van der Waals surface area (Å²) in [5, 5.41) is 0. The molecule has 0 saturated heterocycles. The molecule has 10 heteroatoms. The fourth-order valence-electron chi connectivity index (χ4n) is 11.4. The van der Waals surface area contributed by atoms with E-state index < -0.39 is 26.5 Å². The number of likely N-dealkylation sites (N-methyl/N-ethyl adjacent to an activating group) is 1. The first-order valence-electron chi connectivity index (χ1n) is 40.3. The van der Waals surface area contributed by atoms with Crippen LogP contribution in [0.25, 0.3) is 0 Å². The van der Waals surface area contributed by atoms with E-state index >= 15 is 0 Å². The topological polar surface area (TPSA) is 108 Å². The maximum absolute atomic E-state index is 12.9. The summed E-state index contributed by atoms with van der Waals surface area (Å²) in [4.78, 5) is 36.0. The predicted molar refractivity (Wildman–Crippen MR) is 418 cm³/mol. The minimum Gasteiger partial charge on any atom is -0.462 e. The molecule has 0 aromatic rings. The monoisotopic (exact) mass is 1360 g/mol. The van der Waals surface area contributed by atoms with Gasteiger partial charge in [-0.3, -0.25) is 18.6 Å². The van der Waals surface area contributed by atoms with Gasteiger partial charge in [0, 0.05) is 12.8 Å². The molecule has 96 heavy (non-hydrogen) atoms. The zero-order valence-electron chi connectivity index (χ0n) is 63.3. The number of phosphoric ester groups is 1. The Bertz CT molecular complexity index is 2040. The van der Waals surface area contributed by atoms with Crippen molar-refractivity contribution in [3.05, 3.63) is 122 Å². The van der Waals surface area contributed by atoms with Gasteiger partial charge in [-0.15, -0.1) is 0 Å². The highest BCUT2D eigenvalue weighted by Gasteiger charge is 2.27. The third kappa shape index (κ3) is 79.4. The van der Waals surface area contributed by atoms with Crippen molar-refractivity contribution in [2.75, 3.05) is 47.5 Å². The summed E-state index contributed by atoms with van der Waals surface area (Å²) in [6.45, 7) is 4.33. The Morgan fingerprint density at radius 3 is 0.885 bits per heavy atom. The number of carbonyl (C=O) groups is 2. The molecular weight excluding hydrogens is 1210 g/mol. The molecule has 0 saturated carbocycles. The van der Waals surface area contributed by atoms with Crippen molar-refractivity contribution in [3.63, 3.8) is 0 Å². The minimum atomic E-state index is -4.40. The summed E-state index contributed by atoms with van der Waals surface area (Å²) in [5.41, 5.74) is 0. The quantitative estimate of drug-likeness (QED) is 0.0211. The van der Waals surface area contributed by atoms with Crippen molar-refractivity contribution < 1.29 is 42.1 Å². The van der Waals surface area contributed by atoms with Gasteiger partial charge >= 0.3 is 19.8 Å². The van der Waals surface area contributed by atoms with Crippen LogP contribution in [0.3, 0.4) is 0 Å². The molecule has 0 aliphatic heterocycles. The Labute approximate surface area is 594 Å². The summed E-state index contributed by atoms with van der Waals surface area (Å²) >= 11 is 0. The number of hydrogen-bond donors (Lipinski definition) is 1. The summed E-state index contributed by atoms with van der Waals surface area (Å²) in [6, 6.07) is 0. The second-order valence-corrected chi connectivity index (χ2v) is 29.5. The zero-order chi connectivity index (χ0) is 69.7. The van der Waals surface area contributed by atoms with Crippen LogP contribution in [-0.2, 0) is 32.7 Å². The highest BCUT2D eigenvalue weighted by atomic mass is 31.2. The average Bonchev–Trinajstić information content (AvgIpc) is 1.48. The van der Waals surface area contributed by atoms with Crippen LogP contribution in [0.5, 0.6) is 0 Å². The van der Waals surface area contributed by atoms with Crippen LogP contribution in [0.1, 0.15) is 361 Å². The van der Waals surface area contributed by atoms with Crippen molar-refractivity contribution in [1.29, 1.82) is 0 Å². The van der Waals surface area contributed by atoms with Crippen molar-refractivity contribution in [2.45, 2.75) is 367 Å². The van der Waals surface area contributed by atoms with Crippen molar-refractivity contribution >= 4 is 19.8 Å². The number of rotatable bonds is 74. The van der Waals surface area contributed by atoms with Gasteiger partial charge < -0.3 is 18.9 Å². The first-order valence-corrected chi connectivity index (χ1v) is 41.8. The number of ether oxygens (including phenoxy) is 2. The van der Waals surface area contributed by atoms with E-state index in [2.05, 4.69) is 135 Å². The van der Waals surface area contributed by atoms with Crippen LogP contribution in [0.4, 0.5) is 0 Å². The molecule has 0 aliphatic rings. The summed E-state index contributed by atoms with van der Waals surface area (Å²) in [7, 11) is 1.47. The van der Waals surface area contributed by atoms with Crippen LogP contribution >= 0.6 is 7.82 Å². The van der Waals surface area contributed by atoms with Gasteiger partial charge in [0.1, 0.15) is 19.8 Å². The number of quaternary nitrogens is 1. The standard InChI is InChI=1S/C86H152NO8P/c1-6-8-10-12-14-16-18-20-22-24-26-28-30-32-34-36-38-40-41-42-43-44-45-47-48-50-52-54-56-58-60-62-64-66-68-70-72-74-76-78-85(88)92-82-84(83-94-96(90,91)93-81-80-87(3,4)5)95-86(89)79-77-75-73-71-69-67-65-63-61-59-57-55-53-51-49-46-39-37-35-33-31-29-27-25-23-21-19-17-15-13-11-9-7-2/h9,11,15,17-18,20-21,23-24,26-27,29,33,35,39,46,51,53,57,59,84H,6-8,10,12-14,16,19,22,25,28,30-32,34,36-38,40-45,47-50,52,54-56,58,60-83H2,1-5H3/p+1/b11-9-,17-15-,20-18-,23-21-,26-24-,29-27-,35-33-,46-39-,53-51-,59-57-. The highest BCUT2D eigenvalue weighted by molar-refractivity contribution is 7.47. The molecule has 2 atom stereocenters. The smallest absolute Gasteiger partial charge is 0.462 e. The van der Waals surface area contributed by atoms with Crippen LogP contribution in [0.2, 0.25) is 0 Å². The molecule has 0 heterocycles. The predicted octanol–water partition coefficient (Wildman–Crippen LogP) is 26.9. The van der Waals surface area contributed by atoms with Crippen molar-refractivity contribution in [2.24, 2.45) is 0 Å². The molecule has 0 radical (unpaired) electrons. The molecule has 0 aliphatic carbocycles. The lowest BCUT2D eigenvalue weighted by Crippen LogP contribution is -2.37. The summed E-state index contributed by atoms with van der Waals surface area (Å²) < 4.78 is 34.8. The lowest BCUT2D eigenvalue weighted by molar-refractivity contribution is -0.870. The molecule has 0 spiro atoms. The fraction of sp³-hybridized carbons (Fsp3) is 0.744. The van der Waals surface area contributed by atoms with E-state index in [9.17, 15) is 19.0 Å². The second kappa shape index (κ2) is 75.6. The lowest BCUT2D eigenvalue weighted by atomic mass is 10.0. The number of nitrogens with zero attached hydrogens (tertiary/aromatic N) is 1. The van der Waals surface area contributed by atoms with E-state index in [0.29, 0.717) is 17.4 Å². The second-order valence-electron chi connectivity index (χ2n) is 28.1. The third-order valence-corrected chi connectivity index (χ3v) is 18.5. The zero-order valence-corrected chi connectivity index (χ0v) is 64.2. The maximum Gasteiger partial charge on any atom is 0.472 e.